The van der Waals surface area contributed by atoms with Gasteiger partial charge in [-0.3, -0.25) is 9.59 Å². The lowest BCUT2D eigenvalue weighted by Crippen LogP contribution is -2.48. The van der Waals surface area contributed by atoms with Gasteiger partial charge < -0.3 is 4.90 Å². The average molecular weight is 285 g/mol. The first-order chi connectivity index (χ1) is 10.2. The van der Waals surface area contributed by atoms with E-state index in [1.807, 2.05) is 36.1 Å². The molecule has 112 valence electrons. The molecule has 21 heavy (non-hydrogen) atoms. The number of nitrogens with zero attached hydrogens (tertiary/aromatic N) is 1. The summed E-state index contributed by atoms with van der Waals surface area (Å²) in [5.41, 5.74) is 1.86. The summed E-state index contributed by atoms with van der Waals surface area (Å²) in [5.74, 6) is 0.547. The van der Waals surface area contributed by atoms with Crippen molar-refractivity contribution in [2.45, 2.75) is 51.5 Å². The van der Waals surface area contributed by atoms with Crippen molar-refractivity contribution in [1.82, 2.24) is 4.90 Å². The maximum atomic E-state index is 12.8. The van der Waals surface area contributed by atoms with Crippen molar-refractivity contribution in [2.24, 2.45) is 5.92 Å². The Morgan fingerprint density at radius 1 is 1.19 bits per heavy atom. The molecule has 2 unspecified atom stereocenters. The van der Waals surface area contributed by atoms with Gasteiger partial charge in [0.2, 0.25) is 0 Å². The molecular weight excluding hydrogens is 262 g/mol. The summed E-state index contributed by atoms with van der Waals surface area (Å²) in [4.78, 5) is 26.9. The molecule has 0 N–H and O–H groups in total. The smallest absolute Gasteiger partial charge is 0.254 e. The average Bonchev–Trinajstić information content (AvgIpc) is 2.92. The number of benzene rings is 1. The summed E-state index contributed by atoms with van der Waals surface area (Å²) in [6.07, 6.45) is 5.82. The van der Waals surface area contributed by atoms with E-state index in [9.17, 15) is 9.59 Å². The molecule has 3 rings (SSSR count). The molecule has 1 aliphatic carbocycles. The van der Waals surface area contributed by atoms with Gasteiger partial charge in [0.05, 0.1) is 0 Å². The number of Topliss-reactive ketones (excluding diaryl/α,β-unsaturated/α-hetero) is 1. The molecular formula is C18H23NO2. The van der Waals surface area contributed by atoms with Gasteiger partial charge in [-0.15, -0.1) is 0 Å². The van der Waals surface area contributed by atoms with Crippen molar-refractivity contribution in [2.75, 3.05) is 6.54 Å². The number of ketones is 1. The van der Waals surface area contributed by atoms with Crippen LogP contribution in [0, 0.1) is 12.8 Å². The number of aryl methyl sites for hydroxylation is 1. The first kappa shape index (κ1) is 14.3. The predicted octanol–water partition coefficient (Wildman–Crippen LogP) is 3.36. The molecule has 1 heterocycles. The van der Waals surface area contributed by atoms with E-state index in [2.05, 4.69) is 0 Å². The van der Waals surface area contributed by atoms with E-state index >= 15 is 0 Å². The molecule has 0 radical (unpaired) electrons. The quantitative estimate of drug-likeness (QED) is 0.835. The standard InChI is InChI=1S/C18H23NO2/c1-13-6-4-7-14(12-13)18(21)19-11-3-2-9-16(19)15-8-5-10-17(15)20/h4,6-7,12,15-16H,2-3,5,8-11H2,1H3. The van der Waals surface area contributed by atoms with Crippen LogP contribution in [0.15, 0.2) is 24.3 Å². The van der Waals surface area contributed by atoms with Gasteiger partial charge in [-0.1, -0.05) is 17.7 Å². The van der Waals surface area contributed by atoms with E-state index in [0.29, 0.717) is 12.2 Å². The second-order valence-corrected chi connectivity index (χ2v) is 6.40. The van der Waals surface area contributed by atoms with Gasteiger partial charge in [-0.25, -0.2) is 0 Å². The summed E-state index contributed by atoms with van der Waals surface area (Å²) >= 11 is 0. The van der Waals surface area contributed by atoms with Crippen molar-refractivity contribution < 1.29 is 9.59 Å². The number of rotatable bonds is 2. The lowest BCUT2D eigenvalue weighted by molar-refractivity contribution is -0.122. The number of likely N-dealkylation sites (tertiary alicyclic amines) is 1. The minimum absolute atomic E-state index is 0.0825. The molecule has 1 amide bonds. The maximum absolute atomic E-state index is 12.8. The van der Waals surface area contributed by atoms with Crippen LogP contribution < -0.4 is 0 Å². The predicted molar refractivity (Wildman–Crippen MR) is 82.2 cm³/mol. The zero-order chi connectivity index (χ0) is 14.8. The third-order valence-corrected chi connectivity index (χ3v) is 4.89. The summed E-state index contributed by atoms with van der Waals surface area (Å²) in [7, 11) is 0. The molecule has 1 aromatic carbocycles. The molecule has 2 fully saturated rings. The van der Waals surface area contributed by atoms with Gasteiger partial charge in [-0.2, -0.15) is 0 Å². The zero-order valence-corrected chi connectivity index (χ0v) is 12.7. The number of hydrogen-bond acceptors (Lipinski definition) is 2. The minimum Gasteiger partial charge on any atom is -0.335 e. The Hall–Kier alpha value is -1.64. The molecule has 0 spiro atoms. The van der Waals surface area contributed by atoms with E-state index in [-0.39, 0.29) is 17.9 Å². The van der Waals surface area contributed by atoms with Gasteiger partial charge in [0.1, 0.15) is 5.78 Å². The molecule has 1 aromatic rings. The molecule has 1 saturated carbocycles. The maximum Gasteiger partial charge on any atom is 0.254 e. The van der Waals surface area contributed by atoms with Crippen LogP contribution in [0.2, 0.25) is 0 Å². The topological polar surface area (TPSA) is 37.4 Å². The Morgan fingerprint density at radius 3 is 2.76 bits per heavy atom. The summed E-state index contributed by atoms with van der Waals surface area (Å²) < 4.78 is 0. The number of amides is 1. The van der Waals surface area contributed by atoms with Gasteiger partial charge in [0.25, 0.3) is 5.91 Å². The SMILES string of the molecule is Cc1cccc(C(=O)N2CCCCC2C2CCCC2=O)c1. The minimum atomic E-state index is 0.0825. The van der Waals surface area contributed by atoms with Crippen LogP contribution in [0.1, 0.15) is 54.4 Å². The van der Waals surface area contributed by atoms with Gasteiger partial charge in [-0.05, 0) is 51.2 Å². The Kier molecular flexibility index (Phi) is 4.09. The first-order valence-electron chi connectivity index (χ1n) is 8.07. The second-order valence-electron chi connectivity index (χ2n) is 6.40. The van der Waals surface area contributed by atoms with Crippen molar-refractivity contribution in [1.29, 1.82) is 0 Å². The van der Waals surface area contributed by atoms with Crippen LogP contribution in [0.25, 0.3) is 0 Å². The highest BCUT2D eigenvalue weighted by molar-refractivity contribution is 5.95. The molecule has 1 saturated heterocycles. The van der Waals surface area contributed by atoms with Crippen LogP contribution in [0.3, 0.4) is 0 Å². The normalized spacial score (nSPS) is 26.1. The lowest BCUT2D eigenvalue weighted by Gasteiger charge is -2.38. The number of hydrogen-bond donors (Lipinski definition) is 0. The van der Waals surface area contributed by atoms with E-state index in [1.165, 1.54) is 0 Å². The summed E-state index contributed by atoms with van der Waals surface area (Å²) in [6, 6.07) is 7.90. The van der Waals surface area contributed by atoms with E-state index < -0.39 is 0 Å². The zero-order valence-electron chi connectivity index (χ0n) is 12.7. The highest BCUT2D eigenvalue weighted by atomic mass is 16.2. The Morgan fingerprint density at radius 2 is 2.05 bits per heavy atom. The van der Waals surface area contributed by atoms with Crippen molar-refractivity contribution in [3.8, 4) is 0 Å². The van der Waals surface area contributed by atoms with Gasteiger partial charge in [0, 0.05) is 30.5 Å². The Labute approximate surface area is 126 Å². The fraction of sp³-hybridized carbons (Fsp3) is 0.556. The third kappa shape index (κ3) is 2.87. The molecule has 2 aliphatic rings. The third-order valence-electron chi connectivity index (χ3n) is 4.89. The van der Waals surface area contributed by atoms with Crippen LogP contribution >= 0.6 is 0 Å². The van der Waals surface area contributed by atoms with Gasteiger partial charge >= 0.3 is 0 Å². The van der Waals surface area contributed by atoms with Crippen molar-refractivity contribution in [3.05, 3.63) is 35.4 Å². The number of carbonyl (C=O) groups excluding carboxylic acids is 2. The first-order valence-corrected chi connectivity index (χ1v) is 8.07. The number of piperidine rings is 1. The fourth-order valence-electron chi connectivity index (χ4n) is 3.82. The Bertz CT molecular complexity index is 552. The highest BCUT2D eigenvalue weighted by Gasteiger charge is 2.38. The van der Waals surface area contributed by atoms with Crippen LogP contribution in [0.4, 0.5) is 0 Å². The molecule has 2 atom stereocenters. The van der Waals surface area contributed by atoms with Crippen LogP contribution in [-0.4, -0.2) is 29.2 Å². The van der Waals surface area contributed by atoms with Crippen LogP contribution in [-0.2, 0) is 4.79 Å². The summed E-state index contributed by atoms with van der Waals surface area (Å²) in [6.45, 7) is 2.80. The summed E-state index contributed by atoms with van der Waals surface area (Å²) in [5, 5.41) is 0. The second kappa shape index (κ2) is 6.00. The Balaban J connectivity index is 1.83. The molecule has 3 nitrogen and oxygen atoms in total. The van der Waals surface area contributed by atoms with Crippen molar-refractivity contribution >= 4 is 11.7 Å². The van der Waals surface area contributed by atoms with Crippen molar-refractivity contribution in [3.63, 3.8) is 0 Å². The van der Waals surface area contributed by atoms with E-state index in [0.717, 1.165) is 49.8 Å². The van der Waals surface area contributed by atoms with E-state index in [4.69, 9.17) is 0 Å². The molecule has 1 aliphatic heterocycles. The largest absolute Gasteiger partial charge is 0.335 e. The number of carbonyl (C=O) groups is 2. The van der Waals surface area contributed by atoms with Crippen LogP contribution in [0.5, 0.6) is 0 Å². The highest BCUT2D eigenvalue weighted by Crippen LogP contribution is 2.33. The van der Waals surface area contributed by atoms with E-state index in [1.54, 1.807) is 0 Å². The molecule has 0 bridgehead atoms. The fourth-order valence-corrected chi connectivity index (χ4v) is 3.82. The lowest BCUT2D eigenvalue weighted by atomic mass is 9.88. The molecule has 3 heteroatoms. The monoisotopic (exact) mass is 285 g/mol. The molecule has 0 aromatic heterocycles. The van der Waals surface area contributed by atoms with Gasteiger partial charge in [0.15, 0.2) is 0 Å².